The van der Waals surface area contributed by atoms with E-state index < -0.39 is 0 Å². The van der Waals surface area contributed by atoms with Crippen molar-refractivity contribution >= 4 is 15.9 Å². The number of aromatic nitrogens is 2. The predicted molar refractivity (Wildman–Crippen MR) is 76.4 cm³/mol. The Labute approximate surface area is 116 Å². The minimum Gasteiger partial charge on any atom is -0.316 e. The Morgan fingerprint density at radius 2 is 2.17 bits per heavy atom. The van der Waals surface area contributed by atoms with Gasteiger partial charge in [0.1, 0.15) is 0 Å². The number of rotatable bonds is 5. The molecule has 2 aromatic rings. The molecule has 0 saturated heterocycles. The second-order valence-electron chi connectivity index (χ2n) is 4.23. The van der Waals surface area contributed by atoms with Gasteiger partial charge in [0.05, 0.1) is 0 Å². The highest BCUT2D eigenvalue weighted by atomic mass is 79.9. The Morgan fingerprint density at radius 3 is 2.83 bits per heavy atom. The fourth-order valence-electron chi connectivity index (χ4n) is 1.90. The second-order valence-corrected chi connectivity index (χ2v) is 5.14. The molecule has 1 unspecified atom stereocenters. The van der Waals surface area contributed by atoms with Crippen LogP contribution >= 0.6 is 15.9 Å². The van der Waals surface area contributed by atoms with Crippen molar-refractivity contribution in [3.63, 3.8) is 0 Å². The lowest BCUT2D eigenvalue weighted by Crippen LogP contribution is -2.30. The number of nitrogens with zero attached hydrogens (tertiary/aromatic N) is 2. The Bertz CT molecular complexity index is 487. The van der Waals surface area contributed by atoms with Crippen LogP contribution in [-0.2, 0) is 12.8 Å². The molecule has 18 heavy (non-hydrogen) atoms. The molecule has 0 saturated carbocycles. The number of pyridine rings is 2. The van der Waals surface area contributed by atoms with Gasteiger partial charge in [0, 0.05) is 41.2 Å². The summed E-state index contributed by atoms with van der Waals surface area (Å²) in [5.74, 6) is 0. The molecule has 1 N–H and O–H groups in total. The van der Waals surface area contributed by atoms with Gasteiger partial charge < -0.3 is 5.32 Å². The molecule has 0 aliphatic carbocycles. The largest absolute Gasteiger partial charge is 0.316 e. The maximum atomic E-state index is 4.36. The first-order chi connectivity index (χ1) is 8.78. The molecule has 94 valence electrons. The van der Waals surface area contributed by atoms with Crippen LogP contribution in [0.3, 0.4) is 0 Å². The van der Waals surface area contributed by atoms with Gasteiger partial charge in [0.25, 0.3) is 0 Å². The topological polar surface area (TPSA) is 37.8 Å². The summed E-state index contributed by atoms with van der Waals surface area (Å²) >= 11 is 3.45. The molecule has 3 nitrogen and oxygen atoms in total. The SMILES string of the molecule is CNC(Cc1cncc(Br)c1)Cc1ccccn1. The highest BCUT2D eigenvalue weighted by Gasteiger charge is 2.09. The maximum Gasteiger partial charge on any atom is 0.0419 e. The van der Waals surface area contributed by atoms with E-state index in [2.05, 4.69) is 43.3 Å². The Morgan fingerprint density at radius 1 is 1.28 bits per heavy atom. The molecular weight excluding hydrogens is 290 g/mol. The minimum atomic E-state index is 0.371. The molecule has 1 atom stereocenters. The van der Waals surface area contributed by atoms with E-state index in [9.17, 15) is 0 Å². The number of hydrogen-bond donors (Lipinski definition) is 1. The number of hydrogen-bond acceptors (Lipinski definition) is 3. The summed E-state index contributed by atoms with van der Waals surface area (Å²) in [7, 11) is 1.99. The molecule has 0 radical (unpaired) electrons. The monoisotopic (exact) mass is 305 g/mol. The lowest BCUT2D eigenvalue weighted by atomic mass is 10.0. The van der Waals surface area contributed by atoms with Gasteiger partial charge in [0.15, 0.2) is 0 Å². The molecular formula is C14H16BrN3. The summed E-state index contributed by atoms with van der Waals surface area (Å²) in [5.41, 5.74) is 2.33. The van der Waals surface area contributed by atoms with E-state index in [1.165, 1.54) is 5.56 Å². The quantitative estimate of drug-likeness (QED) is 0.923. The molecule has 2 aromatic heterocycles. The standard InChI is InChI=1S/C14H16BrN3/c1-16-14(8-13-4-2-3-5-18-13)7-11-6-12(15)10-17-9-11/h2-6,9-10,14,16H,7-8H2,1H3. The van der Waals surface area contributed by atoms with Crippen molar-refractivity contribution in [2.75, 3.05) is 7.05 Å². The van der Waals surface area contributed by atoms with Gasteiger partial charge in [-0.25, -0.2) is 0 Å². The van der Waals surface area contributed by atoms with Crippen molar-refractivity contribution < 1.29 is 0 Å². The predicted octanol–water partition coefficient (Wildman–Crippen LogP) is 2.61. The zero-order valence-corrected chi connectivity index (χ0v) is 11.9. The van der Waals surface area contributed by atoms with Crippen molar-refractivity contribution in [3.05, 3.63) is 58.6 Å². The zero-order valence-electron chi connectivity index (χ0n) is 10.3. The van der Waals surface area contributed by atoms with E-state index in [1.807, 2.05) is 31.6 Å². The fraction of sp³-hybridized carbons (Fsp3) is 0.286. The van der Waals surface area contributed by atoms with Gasteiger partial charge in [-0.15, -0.1) is 0 Å². The maximum absolute atomic E-state index is 4.36. The first-order valence-electron chi connectivity index (χ1n) is 5.94. The summed E-state index contributed by atoms with van der Waals surface area (Å²) < 4.78 is 1.02. The number of halogens is 1. The Balaban J connectivity index is 2.01. The van der Waals surface area contributed by atoms with Crippen LogP contribution in [-0.4, -0.2) is 23.1 Å². The van der Waals surface area contributed by atoms with Crippen LogP contribution in [0.15, 0.2) is 47.3 Å². The van der Waals surface area contributed by atoms with Gasteiger partial charge in [-0.05, 0) is 53.2 Å². The second kappa shape index (κ2) is 6.61. The van der Waals surface area contributed by atoms with Crippen LogP contribution in [0, 0.1) is 0 Å². The van der Waals surface area contributed by atoms with E-state index in [4.69, 9.17) is 0 Å². The van der Waals surface area contributed by atoms with Crippen LogP contribution in [0.25, 0.3) is 0 Å². The van der Waals surface area contributed by atoms with E-state index >= 15 is 0 Å². The van der Waals surface area contributed by atoms with Gasteiger partial charge in [-0.2, -0.15) is 0 Å². The highest BCUT2D eigenvalue weighted by Crippen LogP contribution is 2.12. The molecule has 0 amide bonds. The van der Waals surface area contributed by atoms with E-state index in [0.717, 1.165) is 23.0 Å². The number of likely N-dealkylation sites (N-methyl/N-ethyl adjacent to an activating group) is 1. The van der Waals surface area contributed by atoms with E-state index in [-0.39, 0.29) is 0 Å². The molecule has 2 rings (SSSR count). The lowest BCUT2D eigenvalue weighted by molar-refractivity contribution is 0.549. The normalized spacial score (nSPS) is 12.3. The summed E-state index contributed by atoms with van der Waals surface area (Å²) in [6.07, 6.45) is 7.41. The summed E-state index contributed by atoms with van der Waals surface area (Å²) in [5, 5.41) is 3.34. The fourth-order valence-corrected chi connectivity index (χ4v) is 2.31. The van der Waals surface area contributed by atoms with Crippen molar-refractivity contribution in [1.82, 2.24) is 15.3 Å². The molecule has 0 aliphatic rings. The van der Waals surface area contributed by atoms with Crippen LogP contribution < -0.4 is 5.32 Å². The third-order valence-electron chi connectivity index (χ3n) is 2.83. The van der Waals surface area contributed by atoms with Crippen LogP contribution in [0.4, 0.5) is 0 Å². The summed E-state index contributed by atoms with van der Waals surface area (Å²) in [6.45, 7) is 0. The van der Waals surface area contributed by atoms with E-state index in [1.54, 1.807) is 6.20 Å². The van der Waals surface area contributed by atoms with E-state index in [0.29, 0.717) is 6.04 Å². The van der Waals surface area contributed by atoms with Gasteiger partial charge in [0.2, 0.25) is 0 Å². The van der Waals surface area contributed by atoms with Crippen molar-refractivity contribution in [3.8, 4) is 0 Å². The first-order valence-corrected chi connectivity index (χ1v) is 6.74. The average molecular weight is 306 g/mol. The summed E-state index contributed by atoms with van der Waals surface area (Å²) in [6, 6.07) is 8.50. The molecule has 0 bridgehead atoms. The zero-order chi connectivity index (χ0) is 12.8. The lowest BCUT2D eigenvalue weighted by Gasteiger charge is -2.15. The van der Waals surface area contributed by atoms with Gasteiger partial charge >= 0.3 is 0 Å². The van der Waals surface area contributed by atoms with Gasteiger partial charge in [-0.1, -0.05) is 6.07 Å². The van der Waals surface area contributed by atoms with Crippen molar-refractivity contribution in [2.24, 2.45) is 0 Å². The molecule has 2 heterocycles. The third-order valence-corrected chi connectivity index (χ3v) is 3.27. The van der Waals surface area contributed by atoms with Crippen molar-refractivity contribution in [2.45, 2.75) is 18.9 Å². The molecule has 0 spiro atoms. The smallest absolute Gasteiger partial charge is 0.0419 e. The minimum absolute atomic E-state index is 0.371. The molecule has 0 fully saturated rings. The molecule has 0 aromatic carbocycles. The molecule has 4 heteroatoms. The Hall–Kier alpha value is -1.26. The first kappa shape index (κ1) is 13.2. The number of nitrogens with one attached hydrogen (secondary N) is 1. The van der Waals surface area contributed by atoms with Crippen LogP contribution in [0.2, 0.25) is 0 Å². The highest BCUT2D eigenvalue weighted by molar-refractivity contribution is 9.10. The van der Waals surface area contributed by atoms with Gasteiger partial charge in [-0.3, -0.25) is 9.97 Å². The van der Waals surface area contributed by atoms with Crippen LogP contribution in [0.5, 0.6) is 0 Å². The van der Waals surface area contributed by atoms with Crippen LogP contribution in [0.1, 0.15) is 11.3 Å². The summed E-state index contributed by atoms with van der Waals surface area (Å²) in [4.78, 5) is 8.55. The Kier molecular flexibility index (Phi) is 4.84. The van der Waals surface area contributed by atoms with Crippen molar-refractivity contribution in [1.29, 1.82) is 0 Å². The third kappa shape index (κ3) is 3.89. The molecule has 0 aliphatic heterocycles. The average Bonchev–Trinajstić information content (AvgIpc) is 2.39.